The molecule has 0 radical (unpaired) electrons. The Morgan fingerprint density at radius 2 is 1.97 bits per heavy atom. The lowest BCUT2D eigenvalue weighted by atomic mass is 10.00. The molecular weight excluding hydrogens is 450 g/mol. The van der Waals surface area contributed by atoms with Crippen molar-refractivity contribution in [2.24, 2.45) is 5.92 Å². The summed E-state index contributed by atoms with van der Waals surface area (Å²) in [6.45, 7) is 6.97. The van der Waals surface area contributed by atoms with Crippen molar-refractivity contribution >= 4 is 40.9 Å². The minimum absolute atomic E-state index is 0.203. The topological polar surface area (TPSA) is 76.1 Å². The van der Waals surface area contributed by atoms with Gasteiger partial charge in [-0.3, -0.25) is 9.59 Å². The molecule has 1 heterocycles. The van der Waals surface area contributed by atoms with Crippen LogP contribution in [0.4, 0.5) is 5.69 Å². The molecule has 0 aromatic heterocycles. The van der Waals surface area contributed by atoms with Gasteiger partial charge in [-0.2, -0.15) is 0 Å². The van der Waals surface area contributed by atoms with Gasteiger partial charge in [-0.15, -0.1) is 11.8 Å². The monoisotopic (exact) mass is 477 g/mol. The summed E-state index contributed by atoms with van der Waals surface area (Å²) in [6.07, 6.45) is -0.268. The number of hydrogen-bond donors (Lipinski definition) is 1. The highest BCUT2D eigenvalue weighted by Crippen LogP contribution is 2.50. The molecular formula is C24H28ClNO5S. The van der Waals surface area contributed by atoms with Gasteiger partial charge in [-0.1, -0.05) is 31.5 Å². The van der Waals surface area contributed by atoms with Crippen LogP contribution >= 0.6 is 23.4 Å². The lowest BCUT2D eigenvalue weighted by Gasteiger charge is -2.27. The number of carboxylic acids is 1. The summed E-state index contributed by atoms with van der Waals surface area (Å²) in [4.78, 5) is 26.8. The molecule has 0 aliphatic carbocycles. The molecule has 0 fully saturated rings. The van der Waals surface area contributed by atoms with Gasteiger partial charge < -0.3 is 19.5 Å². The molecule has 0 unspecified atom stereocenters. The molecule has 0 saturated carbocycles. The summed E-state index contributed by atoms with van der Waals surface area (Å²) in [5.74, 6) is 0.272. The number of amides is 1. The van der Waals surface area contributed by atoms with Crippen LogP contribution in [0.15, 0.2) is 36.4 Å². The highest BCUT2D eigenvalue weighted by molar-refractivity contribution is 8.01. The normalized spacial score (nSPS) is 18.3. The van der Waals surface area contributed by atoms with Crippen molar-refractivity contribution in [3.63, 3.8) is 0 Å². The molecule has 0 saturated heterocycles. The van der Waals surface area contributed by atoms with Gasteiger partial charge in [-0.25, -0.2) is 0 Å². The first-order chi connectivity index (χ1) is 15.2. The quantitative estimate of drug-likeness (QED) is 0.547. The fraction of sp³-hybridized carbons (Fsp3) is 0.417. The van der Waals surface area contributed by atoms with E-state index in [1.54, 1.807) is 18.1 Å². The van der Waals surface area contributed by atoms with Crippen molar-refractivity contribution < 1.29 is 24.2 Å². The predicted octanol–water partition coefficient (Wildman–Crippen LogP) is 5.42. The van der Waals surface area contributed by atoms with Crippen LogP contribution in [0.1, 0.15) is 43.6 Å². The number of fused-ring (bicyclic) bond motifs is 1. The number of benzene rings is 2. The largest absolute Gasteiger partial charge is 0.496 e. The van der Waals surface area contributed by atoms with E-state index >= 15 is 0 Å². The number of halogens is 1. The third-order valence-electron chi connectivity index (χ3n) is 5.11. The molecule has 2 atom stereocenters. The Hall–Kier alpha value is -2.38. The Labute approximate surface area is 197 Å². The minimum atomic E-state index is -1.01. The van der Waals surface area contributed by atoms with Crippen LogP contribution in [0, 0.1) is 5.92 Å². The number of carbonyl (C=O) groups excluding carboxylic acids is 1. The Morgan fingerprint density at radius 3 is 2.59 bits per heavy atom. The maximum absolute atomic E-state index is 13.5. The van der Waals surface area contributed by atoms with E-state index in [2.05, 4.69) is 0 Å². The standard InChI is InChI=1S/C24H28ClNO5S/c1-5-31-16-7-8-17(20(11-16)30-4)23-18-10-15(25)6-9-19(18)26(13-14(2)3)24(29)21(32-23)12-22(27)28/h6-11,14,21,23H,5,12-13H2,1-4H3,(H,27,28)/t21-,23-/m1/s1. The van der Waals surface area contributed by atoms with Gasteiger partial charge in [0.15, 0.2) is 0 Å². The van der Waals surface area contributed by atoms with Crippen LogP contribution in [-0.2, 0) is 9.59 Å². The first-order valence-electron chi connectivity index (χ1n) is 10.5. The lowest BCUT2D eigenvalue weighted by molar-refractivity contribution is -0.138. The second kappa shape index (κ2) is 10.5. The third kappa shape index (κ3) is 5.33. The third-order valence-corrected chi connectivity index (χ3v) is 6.82. The van der Waals surface area contributed by atoms with Crippen molar-refractivity contribution in [2.75, 3.05) is 25.2 Å². The number of rotatable bonds is 8. The molecule has 2 aromatic carbocycles. The summed E-state index contributed by atoms with van der Waals surface area (Å²) in [6, 6.07) is 11.0. The molecule has 172 valence electrons. The van der Waals surface area contributed by atoms with Gasteiger partial charge in [0.1, 0.15) is 11.5 Å². The minimum Gasteiger partial charge on any atom is -0.496 e. The van der Waals surface area contributed by atoms with Gasteiger partial charge in [0.2, 0.25) is 5.91 Å². The van der Waals surface area contributed by atoms with Gasteiger partial charge in [-0.05, 0) is 42.7 Å². The van der Waals surface area contributed by atoms with Crippen molar-refractivity contribution in [2.45, 2.75) is 37.7 Å². The average Bonchev–Trinajstić information content (AvgIpc) is 2.83. The molecule has 6 nitrogen and oxygen atoms in total. The van der Waals surface area contributed by atoms with Crippen LogP contribution < -0.4 is 14.4 Å². The Bertz CT molecular complexity index is 996. The summed E-state index contributed by atoms with van der Waals surface area (Å²) in [5.41, 5.74) is 2.43. The van der Waals surface area contributed by atoms with Gasteiger partial charge in [0.25, 0.3) is 0 Å². The number of ether oxygens (including phenoxy) is 2. The van der Waals surface area contributed by atoms with Crippen molar-refractivity contribution in [1.82, 2.24) is 0 Å². The molecule has 32 heavy (non-hydrogen) atoms. The second-order valence-corrected chi connectivity index (χ2v) is 9.73. The first-order valence-corrected chi connectivity index (χ1v) is 11.9. The Kier molecular flexibility index (Phi) is 7.96. The molecule has 2 aromatic rings. The maximum Gasteiger partial charge on any atom is 0.305 e. The van der Waals surface area contributed by atoms with Crippen LogP contribution in [0.2, 0.25) is 5.02 Å². The van der Waals surface area contributed by atoms with E-state index in [1.807, 2.05) is 51.1 Å². The van der Waals surface area contributed by atoms with E-state index in [4.69, 9.17) is 21.1 Å². The number of carbonyl (C=O) groups is 2. The van der Waals surface area contributed by atoms with Crippen molar-refractivity contribution in [3.05, 3.63) is 52.5 Å². The van der Waals surface area contributed by atoms with Gasteiger partial charge in [0.05, 0.1) is 30.6 Å². The van der Waals surface area contributed by atoms with Crippen LogP contribution in [-0.4, -0.2) is 42.5 Å². The lowest BCUT2D eigenvalue weighted by Crippen LogP contribution is -2.40. The average molecular weight is 478 g/mol. The highest BCUT2D eigenvalue weighted by atomic mass is 35.5. The number of aliphatic carboxylic acids is 1. The van der Waals surface area contributed by atoms with E-state index in [9.17, 15) is 14.7 Å². The van der Waals surface area contributed by atoms with Crippen LogP contribution in [0.5, 0.6) is 11.5 Å². The zero-order valence-corrected chi connectivity index (χ0v) is 20.2. The first kappa shape index (κ1) is 24.3. The zero-order chi connectivity index (χ0) is 23.4. The summed E-state index contributed by atoms with van der Waals surface area (Å²) in [5, 5.41) is 8.96. The van der Waals surface area contributed by atoms with E-state index in [-0.39, 0.29) is 23.5 Å². The molecule has 1 aliphatic rings. The number of thioether (sulfide) groups is 1. The second-order valence-electron chi connectivity index (χ2n) is 7.99. The molecule has 3 rings (SSSR count). The number of carboxylic acid groups (broad SMARTS) is 1. The fourth-order valence-corrected chi connectivity index (χ4v) is 5.49. The number of nitrogens with zero attached hydrogens (tertiary/aromatic N) is 1. The number of hydrogen-bond acceptors (Lipinski definition) is 5. The van der Waals surface area contributed by atoms with E-state index in [1.165, 1.54) is 11.8 Å². The van der Waals surface area contributed by atoms with Gasteiger partial charge in [0, 0.05) is 28.9 Å². The zero-order valence-electron chi connectivity index (χ0n) is 18.6. The van der Waals surface area contributed by atoms with E-state index in [0.29, 0.717) is 29.7 Å². The summed E-state index contributed by atoms with van der Waals surface area (Å²) in [7, 11) is 1.58. The predicted molar refractivity (Wildman–Crippen MR) is 128 cm³/mol. The summed E-state index contributed by atoms with van der Waals surface area (Å²) >= 11 is 7.70. The van der Waals surface area contributed by atoms with E-state index in [0.717, 1.165) is 16.8 Å². The molecule has 1 amide bonds. The van der Waals surface area contributed by atoms with Crippen LogP contribution in [0.3, 0.4) is 0 Å². The fourth-order valence-electron chi connectivity index (χ4n) is 3.82. The molecule has 0 bridgehead atoms. The molecule has 0 spiro atoms. The number of anilines is 1. The van der Waals surface area contributed by atoms with E-state index < -0.39 is 11.2 Å². The molecule has 1 aliphatic heterocycles. The SMILES string of the molecule is CCOc1ccc([C@H]2S[C@H](CC(=O)O)C(=O)N(CC(C)C)c3ccc(Cl)cc32)c(OC)c1. The molecule has 1 N–H and O–H groups in total. The maximum atomic E-state index is 13.5. The van der Waals surface area contributed by atoms with Crippen molar-refractivity contribution in [3.8, 4) is 11.5 Å². The summed E-state index contributed by atoms with van der Waals surface area (Å²) < 4.78 is 11.3. The smallest absolute Gasteiger partial charge is 0.305 e. The number of methoxy groups -OCH3 is 1. The van der Waals surface area contributed by atoms with Crippen molar-refractivity contribution in [1.29, 1.82) is 0 Å². The molecule has 8 heteroatoms. The van der Waals surface area contributed by atoms with Gasteiger partial charge >= 0.3 is 5.97 Å². The Balaban J connectivity index is 2.20. The highest BCUT2D eigenvalue weighted by Gasteiger charge is 2.38. The Morgan fingerprint density at radius 1 is 1.22 bits per heavy atom. The van der Waals surface area contributed by atoms with Crippen LogP contribution in [0.25, 0.3) is 0 Å².